The normalized spacial score (nSPS) is 33.8. The Hall–Kier alpha value is -2.99. The molecule has 4 N–H and O–H groups in total. The van der Waals surface area contributed by atoms with E-state index in [9.17, 15) is 19.2 Å². The second-order valence-electron chi connectivity index (χ2n) is 18.7. The zero-order chi connectivity index (χ0) is 38.1. The quantitative estimate of drug-likeness (QED) is 0.240. The van der Waals surface area contributed by atoms with E-state index in [1.54, 1.807) is 18.0 Å². The molecule has 0 aromatic carbocycles. The Morgan fingerprint density at radius 2 is 1.60 bits per heavy atom. The van der Waals surface area contributed by atoms with E-state index < -0.39 is 40.4 Å². The summed E-state index contributed by atoms with van der Waals surface area (Å²) in [7, 11) is 1.56. The van der Waals surface area contributed by atoms with Crippen molar-refractivity contribution in [2.75, 3.05) is 39.9 Å². The van der Waals surface area contributed by atoms with Gasteiger partial charge in [-0.3, -0.25) is 28.9 Å². The topological polar surface area (TPSA) is 149 Å². The largest absolute Gasteiger partial charge is 0.381 e. The van der Waals surface area contributed by atoms with E-state index >= 15 is 4.79 Å². The summed E-state index contributed by atoms with van der Waals surface area (Å²) in [6.45, 7) is 21.2. The first-order chi connectivity index (χ1) is 24.4. The summed E-state index contributed by atoms with van der Waals surface area (Å²) in [4.78, 5) is 75.0. The molecular formula is C40H64N6O6. The summed E-state index contributed by atoms with van der Waals surface area (Å²) < 4.78 is 5.74. The van der Waals surface area contributed by atoms with Gasteiger partial charge in [0.15, 0.2) is 0 Å². The summed E-state index contributed by atoms with van der Waals surface area (Å²) >= 11 is 0. The van der Waals surface area contributed by atoms with Crippen molar-refractivity contribution in [1.29, 1.82) is 0 Å². The summed E-state index contributed by atoms with van der Waals surface area (Å²) in [5, 5.41) is 12.1. The molecule has 0 aromatic heterocycles. The van der Waals surface area contributed by atoms with Crippen LogP contribution >= 0.6 is 0 Å². The third-order valence-corrected chi connectivity index (χ3v) is 15.0. The van der Waals surface area contributed by atoms with Gasteiger partial charge in [0.1, 0.15) is 23.7 Å². The zero-order valence-corrected chi connectivity index (χ0v) is 32.9. The highest BCUT2D eigenvalue weighted by atomic mass is 16.5. The molecule has 0 radical (unpaired) electrons. The molecular weight excluding hydrogens is 660 g/mol. The second kappa shape index (κ2) is 13.4. The van der Waals surface area contributed by atoms with Crippen LogP contribution in [0, 0.1) is 33.0 Å². The Morgan fingerprint density at radius 1 is 0.923 bits per heavy atom. The van der Waals surface area contributed by atoms with Crippen LogP contribution in [-0.2, 0) is 28.7 Å². The standard InChI is InChI=1S/C40H64N6O6/c1-10-25-22-40(25,34(51)41-9)44-31(48)27-23-39(36(6,7)38(39)15-13-16-38)24-46(27)33(50)29(37(8)17-20-52-21-18-37)43-32(49)28(35(3,4)5)42-30(47)26-14-12-19-45(26)11-2/h10,25-29H,1,11-24H2,2-9H3,(H,41,51)(H,42,47)(H,43,49)(H,44,48)/t25-,26+,27+,28?,29-,39?,40-/m1/s1. The zero-order valence-electron chi connectivity index (χ0n) is 32.9. The molecule has 290 valence electrons. The first-order valence-corrected chi connectivity index (χ1v) is 19.8. The minimum absolute atomic E-state index is 0.0603. The van der Waals surface area contributed by atoms with Gasteiger partial charge in [0.25, 0.3) is 0 Å². The van der Waals surface area contributed by atoms with Crippen molar-refractivity contribution in [2.45, 2.75) is 136 Å². The number of fused-ring (bicyclic) bond motifs is 1. The molecule has 3 saturated heterocycles. The number of amides is 5. The monoisotopic (exact) mass is 724 g/mol. The molecule has 0 bridgehead atoms. The lowest BCUT2D eigenvalue weighted by Gasteiger charge is -2.43. The Labute approximate surface area is 310 Å². The fraction of sp³-hybridized carbons (Fsp3) is 0.825. The van der Waals surface area contributed by atoms with E-state index in [0.717, 1.165) is 45.2 Å². The third-order valence-electron chi connectivity index (χ3n) is 15.0. The number of carbonyl (C=O) groups excluding carboxylic acids is 5. The number of rotatable bonds is 11. The number of nitrogens with zero attached hydrogens (tertiary/aromatic N) is 2. The highest BCUT2D eigenvalue weighted by molar-refractivity contribution is 5.99. The van der Waals surface area contributed by atoms with Crippen molar-refractivity contribution >= 4 is 29.5 Å². The Bertz CT molecular complexity index is 1480. The van der Waals surface area contributed by atoms with Gasteiger partial charge in [-0.05, 0) is 80.7 Å². The Balaban J connectivity index is 1.32. The van der Waals surface area contributed by atoms with Gasteiger partial charge >= 0.3 is 0 Å². The van der Waals surface area contributed by atoms with Gasteiger partial charge in [-0.2, -0.15) is 0 Å². The van der Waals surface area contributed by atoms with Gasteiger partial charge in [0.2, 0.25) is 29.5 Å². The molecule has 2 spiro atoms. The first kappa shape index (κ1) is 38.7. The molecule has 12 nitrogen and oxygen atoms in total. The summed E-state index contributed by atoms with van der Waals surface area (Å²) in [6, 6.07) is -2.94. The van der Waals surface area contributed by atoms with Crippen LogP contribution in [0.5, 0.6) is 0 Å². The van der Waals surface area contributed by atoms with E-state index in [1.807, 2.05) is 34.6 Å². The Morgan fingerprint density at radius 3 is 2.12 bits per heavy atom. The molecule has 52 heavy (non-hydrogen) atoms. The van der Waals surface area contributed by atoms with Crippen molar-refractivity contribution in [2.24, 2.45) is 33.0 Å². The first-order valence-electron chi connectivity index (χ1n) is 19.8. The van der Waals surface area contributed by atoms with Gasteiger partial charge in [-0.1, -0.05) is 61.0 Å². The maximum atomic E-state index is 15.3. The molecule has 3 aliphatic heterocycles. The van der Waals surface area contributed by atoms with Crippen molar-refractivity contribution in [3.63, 3.8) is 0 Å². The fourth-order valence-electron chi connectivity index (χ4n) is 11.1. The van der Waals surface area contributed by atoms with Crippen LogP contribution in [0.25, 0.3) is 0 Å². The molecule has 3 saturated carbocycles. The lowest BCUT2D eigenvalue weighted by Crippen LogP contribution is -2.64. The van der Waals surface area contributed by atoms with Gasteiger partial charge in [0, 0.05) is 43.6 Å². The molecule has 12 heteroatoms. The molecule has 6 aliphatic rings. The molecule has 0 aromatic rings. The van der Waals surface area contributed by atoms with Gasteiger partial charge in [-0.25, -0.2) is 0 Å². The smallest absolute Gasteiger partial charge is 0.246 e. The third kappa shape index (κ3) is 5.89. The van der Waals surface area contributed by atoms with E-state index in [1.165, 1.54) is 0 Å². The Kier molecular flexibility index (Phi) is 9.97. The highest BCUT2D eigenvalue weighted by Crippen LogP contribution is 2.88. The van der Waals surface area contributed by atoms with E-state index in [-0.39, 0.29) is 51.8 Å². The summed E-state index contributed by atoms with van der Waals surface area (Å²) in [5.74, 6) is -1.67. The molecule has 3 aliphatic carbocycles. The number of nitrogens with one attached hydrogen (secondary N) is 4. The molecule has 6 fully saturated rings. The van der Waals surface area contributed by atoms with Crippen molar-refractivity contribution in [3.05, 3.63) is 12.7 Å². The molecule has 2 unspecified atom stereocenters. The van der Waals surface area contributed by atoms with E-state index in [2.05, 4.69) is 46.6 Å². The van der Waals surface area contributed by atoms with Crippen LogP contribution < -0.4 is 21.3 Å². The lowest BCUT2D eigenvalue weighted by molar-refractivity contribution is -0.148. The molecule has 6 rings (SSSR count). The highest BCUT2D eigenvalue weighted by Gasteiger charge is 2.85. The van der Waals surface area contributed by atoms with Gasteiger partial charge in [0.05, 0.1) is 6.04 Å². The average Bonchev–Trinajstić information content (AvgIpc) is 3.59. The van der Waals surface area contributed by atoms with E-state index in [4.69, 9.17) is 4.74 Å². The fourth-order valence-corrected chi connectivity index (χ4v) is 11.1. The minimum atomic E-state index is -1.09. The maximum absolute atomic E-state index is 15.3. The minimum Gasteiger partial charge on any atom is -0.381 e. The predicted molar refractivity (Wildman–Crippen MR) is 198 cm³/mol. The van der Waals surface area contributed by atoms with E-state index in [0.29, 0.717) is 45.4 Å². The van der Waals surface area contributed by atoms with Crippen LogP contribution in [0.4, 0.5) is 0 Å². The number of likely N-dealkylation sites (tertiary alicyclic amines) is 2. The number of ether oxygens (including phenoxy) is 1. The molecule has 7 atom stereocenters. The lowest BCUT2D eigenvalue weighted by atomic mass is 9.73. The van der Waals surface area contributed by atoms with Gasteiger partial charge in [-0.15, -0.1) is 6.58 Å². The SMILES string of the molecule is C=C[C@@H]1C[C@]1(NC(=O)[C@@H]1CC2(CN1C(=O)[C@@H](NC(=O)C(NC(=O)[C@@H]1CCCN1CC)C(C)(C)C)C1(C)CCOCC1)C(C)(C)C21CCC1)C(=O)NC. The number of hydrogen-bond donors (Lipinski definition) is 4. The van der Waals surface area contributed by atoms with Crippen LogP contribution in [0.15, 0.2) is 12.7 Å². The van der Waals surface area contributed by atoms with Crippen molar-refractivity contribution in [1.82, 2.24) is 31.1 Å². The van der Waals surface area contributed by atoms with Crippen LogP contribution in [-0.4, -0.2) is 109 Å². The number of likely N-dealkylation sites (N-methyl/N-ethyl adjacent to an activating group) is 2. The summed E-state index contributed by atoms with van der Waals surface area (Å²) in [6.07, 6.45) is 8.70. The van der Waals surface area contributed by atoms with Crippen LogP contribution in [0.2, 0.25) is 0 Å². The number of hydrogen-bond acceptors (Lipinski definition) is 7. The molecule has 5 amide bonds. The van der Waals surface area contributed by atoms with Gasteiger partial charge < -0.3 is 30.9 Å². The van der Waals surface area contributed by atoms with Crippen molar-refractivity contribution in [3.8, 4) is 0 Å². The summed E-state index contributed by atoms with van der Waals surface area (Å²) in [5.41, 5.74) is -2.63. The molecule has 3 heterocycles. The van der Waals surface area contributed by atoms with Crippen LogP contribution in [0.1, 0.15) is 106 Å². The maximum Gasteiger partial charge on any atom is 0.246 e. The predicted octanol–water partition coefficient (Wildman–Crippen LogP) is 2.91. The number of carbonyl (C=O) groups is 5. The van der Waals surface area contributed by atoms with Crippen LogP contribution in [0.3, 0.4) is 0 Å². The van der Waals surface area contributed by atoms with Crippen molar-refractivity contribution < 1.29 is 28.7 Å². The second-order valence-corrected chi connectivity index (χ2v) is 18.7. The average molecular weight is 725 g/mol.